The molecule has 9 atom stereocenters. The van der Waals surface area contributed by atoms with E-state index < -0.39 is 22.2 Å². The molecule has 0 aliphatic heterocycles. The molecular weight excluding hydrogens is 376 g/mol. The molecule has 0 aromatic heterocycles. The van der Waals surface area contributed by atoms with Gasteiger partial charge in [-0.3, -0.25) is 9.00 Å². The van der Waals surface area contributed by atoms with Gasteiger partial charge in [0.15, 0.2) is 0 Å². The van der Waals surface area contributed by atoms with E-state index in [9.17, 15) is 14.1 Å². The van der Waals surface area contributed by atoms with E-state index >= 15 is 0 Å². The monoisotopic (exact) mass is 412 g/mol. The van der Waals surface area contributed by atoms with Gasteiger partial charge in [0.05, 0.1) is 16.8 Å². The van der Waals surface area contributed by atoms with E-state index in [2.05, 4.69) is 6.92 Å². The summed E-state index contributed by atoms with van der Waals surface area (Å²) in [4.78, 5) is 12.3. The van der Waals surface area contributed by atoms with Crippen molar-refractivity contribution >= 4 is 16.8 Å². The third-order valence-electron chi connectivity index (χ3n) is 9.45. The van der Waals surface area contributed by atoms with E-state index in [-0.39, 0.29) is 34.9 Å². The first-order valence-corrected chi connectivity index (χ1v) is 12.5. The van der Waals surface area contributed by atoms with E-state index in [0.29, 0.717) is 11.8 Å². The van der Waals surface area contributed by atoms with Crippen LogP contribution >= 0.6 is 0 Å². The van der Waals surface area contributed by atoms with Crippen molar-refractivity contribution in [2.45, 2.75) is 76.6 Å². The average molecular weight is 413 g/mol. The summed E-state index contributed by atoms with van der Waals surface area (Å²) < 4.78 is 24.2. The van der Waals surface area contributed by atoms with E-state index in [0.717, 1.165) is 51.4 Å². The summed E-state index contributed by atoms with van der Waals surface area (Å²) in [5.41, 5.74) is -0.579. The predicted molar refractivity (Wildman–Crippen MR) is 108 cm³/mol. The first-order valence-electron chi connectivity index (χ1n) is 10.9. The van der Waals surface area contributed by atoms with E-state index in [1.165, 1.54) is 0 Å². The van der Waals surface area contributed by atoms with Gasteiger partial charge in [-0.2, -0.15) is 0 Å². The van der Waals surface area contributed by atoms with Crippen LogP contribution in [-0.4, -0.2) is 46.8 Å². The summed E-state index contributed by atoms with van der Waals surface area (Å²) in [6.45, 7) is 4.60. The molecule has 6 heteroatoms. The van der Waals surface area contributed by atoms with Gasteiger partial charge in [-0.25, -0.2) is 0 Å². The summed E-state index contributed by atoms with van der Waals surface area (Å²) in [6, 6.07) is 0. The van der Waals surface area contributed by atoms with Gasteiger partial charge in [-0.05, 0) is 75.0 Å². The Morgan fingerprint density at radius 2 is 1.86 bits per heavy atom. The van der Waals surface area contributed by atoms with Crippen LogP contribution in [0.15, 0.2) is 0 Å². The van der Waals surface area contributed by atoms with Crippen LogP contribution in [0.2, 0.25) is 0 Å². The summed E-state index contributed by atoms with van der Waals surface area (Å²) in [5, 5.41) is 10.2. The topological polar surface area (TPSA) is 72.8 Å². The summed E-state index contributed by atoms with van der Waals surface area (Å²) in [7, 11) is 0.719. The molecule has 0 aromatic rings. The molecule has 0 radical (unpaired) electrons. The number of methoxy groups -OCH3 is 1. The van der Waals surface area contributed by atoms with Crippen LogP contribution in [0.25, 0.3) is 0 Å². The number of fused-ring (bicyclic) bond motifs is 3. The van der Waals surface area contributed by atoms with Crippen LogP contribution in [0, 0.1) is 34.0 Å². The number of carbonyl (C=O) groups is 1. The highest BCUT2D eigenvalue weighted by Gasteiger charge is 2.69. The molecule has 160 valence electrons. The van der Waals surface area contributed by atoms with Crippen LogP contribution in [-0.2, 0) is 25.1 Å². The third kappa shape index (κ3) is 2.70. The highest BCUT2D eigenvalue weighted by atomic mass is 32.2. The van der Waals surface area contributed by atoms with Crippen molar-refractivity contribution in [1.82, 2.24) is 0 Å². The largest absolute Gasteiger partial charge is 0.481 e. The second-order valence-corrected chi connectivity index (χ2v) is 12.0. The molecule has 0 aromatic carbocycles. The number of rotatable bonds is 5. The number of hydrogen-bond donors (Lipinski definition) is 1. The van der Waals surface area contributed by atoms with Gasteiger partial charge in [0, 0.05) is 29.6 Å². The van der Waals surface area contributed by atoms with Crippen molar-refractivity contribution in [2.24, 2.45) is 34.0 Å². The zero-order chi connectivity index (χ0) is 20.3. The summed E-state index contributed by atoms with van der Waals surface area (Å²) >= 11 is 0. The van der Waals surface area contributed by atoms with Crippen molar-refractivity contribution in [2.75, 3.05) is 20.2 Å². The molecular formula is C22H36O5S. The second kappa shape index (κ2) is 7.05. The maximum atomic E-state index is 12.7. The minimum Gasteiger partial charge on any atom is -0.481 e. The maximum absolute atomic E-state index is 12.7. The quantitative estimate of drug-likeness (QED) is 0.695. The van der Waals surface area contributed by atoms with Crippen molar-refractivity contribution in [3.8, 4) is 0 Å². The Balaban J connectivity index is 1.75. The number of ether oxygens (including phenoxy) is 2. The van der Waals surface area contributed by atoms with Gasteiger partial charge in [-0.1, -0.05) is 13.3 Å². The normalized spacial score (nSPS) is 51.2. The number of hydrogen-bond acceptors (Lipinski definition) is 4. The lowest BCUT2D eigenvalue weighted by Crippen LogP contribution is -2.69. The average Bonchev–Trinajstić information content (AvgIpc) is 2.65. The van der Waals surface area contributed by atoms with Gasteiger partial charge in [-0.15, -0.1) is 0 Å². The van der Waals surface area contributed by atoms with Gasteiger partial charge >= 0.3 is 5.97 Å². The highest BCUT2D eigenvalue weighted by molar-refractivity contribution is 7.85. The molecule has 5 saturated carbocycles. The molecule has 5 nitrogen and oxygen atoms in total. The maximum Gasteiger partial charge on any atom is 0.309 e. The molecule has 1 N–H and O–H groups in total. The molecule has 5 aliphatic rings. The molecule has 5 fully saturated rings. The predicted octanol–water partition coefficient (Wildman–Crippen LogP) is 3.83. The molecule has 5 rings (SSSR count). The van der Waals surface area contributed by atoms with Crippen molar-refractivity contribution in [3.63, 3.8) is 0 Å². The number of carboxylic acids is 1. The third-order valence-corrected chi connectivity index (χ3v) is 10.8. The Kier molecular flexibility index (Phi) is 5.24. The van der Waals surface area contributed by atoms with Gasteiger partial charge in [0.2, 0.25) is 0 Å². The highest BCUT2D eigenvalue weighted by Crippen LogP contribution is 2.72. The SMILES string of the molecule is COCO[C@@H]1[C@@H]([S@](C)=O)[C@H]2CC[C@@]13CC[C@H]1[C@@](C)(CCC[C@@]1(C)C(=O)O)[C@@H]3C2. The Morgan fingerprint density at radius 3 is 2.50 bits per heavy atom. The molecule has 0 amide bonds. The molecule has 0 unspecified atom stereocenters. The Morgan fingerprint density at radius 1 is 1.14 bits per heavy atom. The minimum absolute atomic E-state index is 0.0195. The van der Waals surface area contributed by atoms with Crippen LogP contribution in [0.4, 0.5) is 0 Å². The lowest BCUT2D eigenvalue weighted by molar-refractivity contribution is -0.247. The van der Waals surface area contributed by atoms with Crippen molar-refractivity contribution in [3.05, 3.63) is 0 Å². The minimum atomic E-state index is -0.926. The van der Waals surface area contributed by atoms with E-state index in [4.69, 9.17) is 9.47 Å². The molecule has 0 heterocycles. The van der Waals surface area contributed by atoms with E-state index in [1.807, 2.05) is 13.2 Å². The first-order chi connectivity index (χ1) is 13.2. The first kappa shape index (κ1) is 20.8. The fourth-order valence-electron chi connectivity index (χ4n) is 8.36. The zero-order valence-corrected chi connectivity index (χ0v) is 18.6. The van der Waals surface area contributed by atoms with Gasteiger partial charge in [0.1, 0.15) is 6.79 Å². The van der Waals surface area contributed by atoms with Crippen molar-refractivity contribution in [1.29, 1.82) is 0 Å². The zero-order valence-electron chi connectivity index (χ0n) is 17.7. The lowest BCUT2D eigenvalue weighted by Gasteiger charge is -2.70. The smallest absolute Gasteiger partial charge is 0.309 e. The lowest BCUT2D eigenvalue weighted by atomic mass is 9.36. The molecule has 2 bridgehead atoms. The standard InChI is InChI=1S/C22H36O5S/c1-20-8-5-9-21(2,19(23)24)15(20)7-11-22-10-6-14(12-16(20)22)17(28(4)25)18(22)27-13-26-3/h14-18H,5-13H2,1-4H3,(H,23,24)/t14-,15-,16-,17-,18+,20+,21+,22-,28-/m0/s1. The molecule has 0 saturated heterocycles. The van der Waals surface area contributed by atoms with Gasteiger partial charge < -0.3 is 14.6 Å². The number of carboxylic acid groups (broad SMARTS) is 1. The van der Waals surface area contributed by atoms with Crippen LogP contribution in [0.5, 0.6) is 0 Å². The second-order valence-electron chi connectivity index (χ2n) is 10.5. The van der Waals surface area contributed by atoms with Crippen LogP contribution in [0.1, 0.15) is 65.2 Å². The summed E-state index contributed by atoms with van der Waals surface area (Å²) in [6.07, 6.45) is 9.95. The van der Waals surface area contributed by atoms with Crippen molar-refractivity contribution < 1.29 is 23.6 Å². The Labute approximate surface area is 171 Å². The fourth-order valence-corrected chi connectivity index (χ4v) is 9.85. The van der Waals surface area contributed by atoms with Gasteiger partial charge in [0.25, 0.3) is 0 Å². The molecule has 28 heavy (non-hydrogen) atoms. The Hall–Kier alpha value is -0.460. The fraction of sp³-hybridized carbons (Fsp3) is 0.955. The van der Waals surface area contributed by atoms with E-state index in [1.54, 1.807) is 7.11 Å². The molecule has 1 spiro atoms. The number of aliphatic carboxylic acids is 1. The molecule has 5 aliphatic carbocycles. The van der Waals surface area contributed by atoms with Crippen LogP contribution in [0.3, 0.4) is 0 Å². The Bertz CT molecular complexity index is 667. The summed E-state index contributed by atoms with van der Waals surface area (Å²) in [5.74, 6) is 0.459. The van der Waals surface area contributed by atoms with Crippen LogP contribution < -0.4 is 0 Å².